The molecule has 0 aliphatic carbocycles. The third-order valence-corrected chi connectivity index (χ3v) is 4.46. The molecule has 25 heavy (non-hydrogen) atoms. The van der Waals surface area contributed by atoms with Crippen molar-refractivity contribution in [2.45, 2.75) is 13.1 Å². The minimum absolute atomic E-state index is 0.142. The maximum Gasteiger partial charge on any atom is 0.261 e. The van der Waals surface area contributed by atoms with Crippen LogP contribution in [0.5, 0.6) is 5.75 Å². The van der Waals surface area contributed by atoms with Gasteiger partial charge in [0.15, 0.2) is 12.9 Å². The molecule has 0 atom stereocenters. The van der Waals surface area contributed by atoms with Crippen LogP contribution in [0.3, 0.4) is 0 Å². The Bertz CT molecular complexity index is 776. The summed E-state index contributed by atoms with van der Waals surface area (Å²) in [5, 5.41) is 1.97. The van der Waals surface area contributed by atoms with Gasteiger partial charge in [-0.1, -0.05) is 18.2 Å². The average molecular weight is 355 g/mol. The van der Waals surface area contributed by atoms with Crippen molar-refractivity contribution >= 4 is 23.5 Å². The van der Waals surface area contributed by atoms with Gasteiger partial charge in [-0.2, -0.15) is 0 Å². The van der Waals surface area contributed by atoms with Gasteiger partial charge in [-0.25, -0.2) is 0 Å². The van der Waals surface area contributed by atoms with Crippen LogP contribution in [0.25, 0.3) is 0 Å². The predicted octanol–water partition coefficient (Wildman–Crippen LogP) is 3.76. The first-order valence-electron chi connectivity index (χ1n) is 7.76. The molecule has 1 aromatic carbocycles. The molecule has 128 valence electrons. The van der Waals surface area contributed by atoms with Crippen molar-refractivity contribution in [3.63, 3.8) is 0 Å². The highest BCUT2D eigenvalue weighted by Gasteiger charge is 2.17. The lowest BCUT2D eigenvalue weighted by Gasteiger charge is -2.21. The van der Waals surface area contributed by atoms with Gasteiger partial charge in [-0.15, -0.1) is 11.3 Å². The number of furan rings is 1. The molecule has 0 unspecified atom stereocenters. The number of hydrogen-bond donors (Lipinski definition) is 0. The SMILES string of the molecule is O=Cc1ccccc1OCC(=O)N(Cc1ccco1)Cc1cccs1. The van der Waals surface area contributed by atoms with Gasteiger partial charge in [-0.05, 0) is 35.7 Å². The summed E-state index contributed by atoms with van der Waals surface area (Å²) in [7, 11) is 0. The number of amides is 1. The normalized spacial score (nSPS) is 10.4. The van der Waals surface area contributed by atoms with Gasteiger partial charge in [0.2, 0.25) is 0 Å². The summed E-state index contributed by atoms with van der Waals surface area (Å²) in [6.45, 7) is 0.704. The molecule has 0 N–H and O–H groups in total. The molecule has 0 saturated carbocycles. The molecule has 0 fully saturated rings. The molecule has 0 aliphatic heterocycles. The molecule has 3 rings (SSSR count). The maximum absolute atomic E-state index is 12.6. The van der Waals surface area contributed by atoms with Crippen LogP contribution in [0, 0.1) is 0 Å². The third kappa shape index (κ3) is 4.58. The quantitative estimate of drug-likeness (QED) is 0.577. The Morgan fingerprint density at radius 1 is 1.12 bits per heavy atom. The Hall–Kier alpha value is -2.86. The zero-order chi connectivity index (χ0) is 17.5. The predicted molar refractivity (Wildman–Crippen MR) is 94.6 cm³/mol. The molecule has 6 heteroatoms. The Kier molecular flexibility index (Phi) is 5.64. The van der Waals surface area contributed by atoms with E-state index in [0.717, 1.165) is 4.88 Å². The van der Waals surface area contributed by atoms with Crippen molar-refractivity contribution < 1.29 is 18.7 Å². The first kappa shape index (κ1) is 17.0. The van der Waals surface area contributed by atoms with Crippen molar-refractivity contribution in [3.05, 3.63) is 76.4 Å². The van der Waals surface area contributed by atoms with Crippen LogP contribution in [-0.2, 0) is 17.9 Å². The molecule has 0 saturated heterocycles. The summed E-state index contributed by atoms with van der Waals surface area (Å²) in [6, 6.07) is 14.4. The Balaban J connectivity index is 1.68. The van der Waals surface area contributed by atoms with Crippen molar-refractivity contribution in [2.24, 2.45) is 0 Å². The summed E-state index contributed by atoms with van der Waals surface area (Å²) in [5.74, 6) is 0.934. The number of carbonyl (C=O) groups excluding carboxylic acids is 2. The number of para-hydroxylation sites is 1. The topological polar surface area (TPSA) is 59.8 Å². The molecule has 1 amide bonds. The Morgan fingerprint density at radius 3 is 2.72 bits per heavy atom. The number of aldehydes is 1. The van der Waals surface area contributed by atoms with E-state index in [-0.39, 0.29) is 12.5 Å². The van der Waals surface area contributed by atoms with Crippen molar-refractivity contribution in [3.8, 4) is 5.75 Å². The lowest BCUT2D eigenvalue weighted by Crippen LogP contribution is -2.33. The van der Waals surface area contributed by atoms with E-state index in [1.54, 1.807) is 52.8 Å². The van der Waals surface area contributed by atoms with Crippen molar-refractivity contribution in [1.29, 1.82) is 0 Å². The fourth-order valence-corrected chi connectivity index (χ4v) is 3.07. The van der Waals surface area contributed by atoms with Crippen LogP contribution in [0.15, 0.2) is 64.6 Å². The van der Waals surface area contributed by atoms with Gasteiger partial charge in [-0.3, -0.25) is 9.59 Å². The first-order chi connectivity index (χ1) is 12.3. The number of rotatable bonds is 8. The van der Waals surface area contributed by atoms with Gasteiger partial charge < -0.3 is 14.1 Å². The lowest BCUT2D eigenvalue weighted by atomic mass is 10.2. The molecule has 0 bridgehead atoms. The molecule has 3 aromatic rings. The van der Waals surface area contributed by atoms with Crippen molar-refractivity contribution in [1.82, 2.24) is 4.90 Å². The Morgan fingerprint density at radius 2 is 2.00 bits per heavy atom. The van der Waals surface area contributed by atoms with E-state index in [1.807, 2.05) is 23.6 Å². The molecule has 0 radical (unpaired) electrons. The number of benzene rings is 1. The summed E-state index contributed by atoms with van der Waals surface area (Å²) >= 11 is 1.59. The van der Waals surface area contributed by atoms with E-state index >= 15 is 0 Å². The second kappa shape index (κ2) is 8.30. The zero-order valence-corrected chi connectivity index (χ0v) is 14.3. The van der Waals surface area contributed by atoms with E-state index in [0.29, 0.717) is 36.4 Å². The molecule has 0 aliphatic rings. The summed E-state index contributed by atoms with van der Waals surface area (Å²) < 4.78 is 10.9. The molecule has 0 spiro atoms. The van der Waals surface area contributed by atoms with Crippen LogP contribution in [-0.4, -0.2) is 23.7 Å². The highest BCUT2D eigenvalue weighted by atomic mass is 32.1. The van der Waals surface area contributed by atoms with E-state index in [9.17, 15) is 9.59 Å². The summed E-state index contributed by atoms with van der Waals surface area (Å²) in [6.07, 6.45) is 2.30. The number of carbonyl (C=O) groups is 2. The van der Waals surface area contributed by atoms with Gasteiger partial charge in [0.25, 0.3) is 5.91 Å². The fourth-order valence-electron chi connectivity index (χ4n) is 2.35. The fraction of sp³-hybridized carbons (Fsp3) is 0.158. The molecule has 2 heterocycles. The summed E-state index contributed by atoms with van der Waals surface area (Å²) in [5.41, 5.74) is 0.422. The molecular formula is C19H17NO4S. The van der Waals surface area contributed by atoms with E-state index in [4.69, 9.17) is 9.15 Å². The lowest BCUT2D eigenvalue weighted by molar-refractivity contribution is -0.134. The van der Waals surface area contributed by atoms with E-state index < -0.39 is 0 Å². The van der Waals surface area contributed by atoms with Gasteiger partial charge in [0, 0.05) is 4.88 Å². The van der Waals surface area contributed by atoms with Gasteiger partial charge in [0.05, 0.1) is 24.9 Å². The smallest absolute Gasteiger partial charge is 0.261 e. The van der Waals surface area contributed by atoms with Crippen LogP contribution in [0.2, 0.25) is 0 Å². The maximum atomic E-state index is 12.6. The highest BCUT2D eigenvalue weighted by molar-refractivity contribution is 7.09. The first-order valence-corrected chi connectivity index (χ1v) is 8.64. The van der Waals surface area contributed by atoms with Crippen LogP contribution in [0.1, 0.15) is 21.0 Å². The number of thiophene rings is 1. The molecule has 5 nitrogen and oxygen atoms in total. The average Bonchev–Trinajstić information content (AvgIpc) is 3.33. The van der Waals surface area contributed by atoms with Crippen molar-refractivity contribution in [2.75, 3.05) is 6.61 Å². The minimum atomic E-state index is -0.175. The zero-order valence-electron chi connectivity index (χ0n) is 13.5. The largest absolute Gasteiger partial charge is 0.483 e. The highest BCUT2D eigenvalue weighted by Crippen LogP contribution is 2.18. The minimum Gasteiger partial charge on any atom is -0.483 e. The number of nitrogens with zero attached hydrogens (tertiary/aromatic N) is 1. The number of ether oxygens (including phenoxy) is 1. The van der Waals surface area contributed by atoms with Crippen LogP contribution in [0.4, 0.5) is 0 Å². The van der Waals surface area contributed by atoms with Crippen LogP contribution >= 0.6 is 11.3 Å². The third-order valence-electron chi connectivity index (χ3n) is 3.60. The molecule has 2 aromatic heterocycles. The van der Waals surface area contributed by atoms with Gasteiger partial charge in [0.1, 0.15) is 11.5 Å². The second-order valence-electron chi connectivity index (χ2n) is 5.35. The van der Waals surface area contributed by atoms with Gasteiger partial charge >= 0.3 is 0 Å². The summed E-state index contributed by atoms with van der Waals surface area (Å²) in [4.78, 5) is 26.4. The number of hydrogen-bond acceptors (Lipinski definition) is 5. The second-order valence-corrected chi connectivity index (χ2v) is 6.39. The standard InChI is InChI=1S/C19H17NO4S/c21-13-15-5-1-2-8-18(15)24-14-19(22)20(11-16-6-3-9-23-16)12-17-7-4-10-25-17/h1-10,13H,11-12,14H2. The van der Waals surface area contributed by atoms with E-state index in [2.05, 4.69) is 0 Å². The molecular weight excluding hydrogens is 338 g/mol. The van der Waals surface area contributed by atoms with E-state index in [1.165, 1.54) is 0 Å². The van der Waals surface area contributed by atoms with Crippen LogP contribution < -0.4 is 4.74 Å². The monoisotopic (exact) mass is 355 g/mol. The Labute approximate surface area is 149 Å².